The number of hydrogen-bond donors (Lipinski definition) is 1. The van der Waals surface area contributed by atoms with E-state index in [0.29, 0.717) is 11.0 Å². The van der Waals surface area contributed by atoms with Gasteiger partial charge in [-0.2, -0.15) is 10.1 Å². The van der Waals surface area contributed by atoms with Gasteiger partial charge in [-0.25, -0.2) is 4.68 Å². The van der Waals surface area contributed by atoms with Crippen LogP contribution in [0.1, 0.15) is 28.1 Å². The normalized spacial score (nSPS) is 19.6. The highest BCUT2D eigenvalue weighted by Crippen LogP contribution is 2.51. The van der Waals surface area contributed by atoms with E-state index in [0.717, 1.165) is 28.1 Å². The summed E-state index contributed by atoms with van der Waals surface area (Å²) in [4.78, 5) is 9.76. The van der Waals surface area contributed by atoms with Crippen LogP contribution in [0.25, 0.3) is 5.70 Å². The molecule has 2 aliphatic rings. The summed E-state index contributed by atoms with van der Waals surface area (Å²) < 4.78 is 8.44. The van der Waals surface area contributed by atoms with Crippen molar-refractivity contribution in [3.05, 3.63) is 93.2 Å². The topological polar surface area (TPSA) is 64.9 Å². The first-order chi connectivity index (χ1) is 14.3. The molecular weight excluding hydrogens is 406 g/mol. The molecule has 6 nitrogen and oxygen atoms in total. The molecule has 0 amide bonds. The molecule has 2 aliphatic heterocycles. The fourth-order valence-electron chi connectivity index (χ4n) is 3.98. The van der Waals surface area contributed by atoms with Gasteiger partial charge in [0.1, 0.15) is 24.2 Å². The highest BCUT2D eigenvalue weighted by atomic mass is 35.5. The lowest BCUT2D eigenvalue weighted by atomic mass is 9.87. The summed E-state index contributed by atoms with van der Waals surface area (Å²) in [6.07, 6.45) is 4.85. The molecule has 1 N–H and O–H groups in total. The van der Waals surface area contributed by atoms with Crippen molar-refractivity contribution in [2.24, 2.45) is 0 Å². The zero-order valence-electron chi connectivity index (χ0n) is 15.0. The number of pyridine rings is 1. The second-order valence-corrected chi connectivity index (χ2v) is 8.24. The summed E-state index contributed by atoms with van der Waals surface area (Å²) in [7, 11) is 0. The number of ether oxygens (including phenoxy) is 1. The molecule has 2 atom stereocenters. The molecule has 0 bridgehead atoms. The summed E-state index contributed by atoms with van der Waals surface area (Å²) in [6, 6.07) is 13.7. The zero-order valence-corrected chi connectivity index (χ0v) is 16.6. The van der Waals surface area contributed by atoms with Crippen molar-refractivity contribution in [3.63, 3.8) is 0 Å². The standard InChI is InChI=1S/C21H14ClN5OS/c22-13-3-4-15-14(10-13)18-17(20(28-15)12-5-7-23-8-6-12)19(16-2-1-9-29-16)27-21(26-18)24-11-25-27/h1-11,19-20H,(H,24,25,26). The fraction of sp³-hybridized carbons (Fsp3) is 0.0952. The summed E-state index contributed by atoms with van der Waals surface area (Å²) in [6.45, 7) is 0. The van der Waals surface area contributed by atoms with Gasteiger partial charge in [-0.3, -0.25) is 4.98 Å². The minimum atomic E-state index is -0.293. The number of aromatic nitrogens is 4. The first-order valence-electron chi connectivity index (χ1n) is 9.10. The number of nitrogens with one attached hydrogen (secondary N) is 1. The number of anilines is 1. The van der Waals surface area contributed by atoms with Gasteiger partial charge in [0.15, 0.2) is 0 Å². The Kier molecular flexibility index (Phi) is 3.72. The maximum absolute atomic E-state index is 6.52. The number of thiophene rings is 1. The Hall–Kier alpha value is -3.16. The van der Waals surface area contributed by atoms with Crippen molar-refractivity contribution in [1.29, 1.82) is 0 Å². The van der Waals surface area contributed by atoms with Crippen molar-refractivity contribution < 1.29 is 4.74 Å². The Balaban J connectivity index is 1.65. The van der Waals surface area contributed by atoms with Gasteiger partial charge in [0.25, 0.3) is 0 Å². The van der Waals surface area contributed by atoms with Gasteiger partial charge in [0.05, 0.1) is 5.70 Å². The molecule has 0 spiro atoms. The highest BCUT2D eigenvalue weighted by Gasteiger charge is 2.41. The molecule has 29 heavy (non-hydrogen) atoms. The van der Waals surface area contributed by atoms with Crippen LogP contribution < -0.4 is 10.1 Å². The summed E-state index contributed by atoms with van der Waals surface area (Å²) >= 11 is 8.02. The molecule has 3 aromatic heterocycles. The molecule has 0 saturated carbocycles. The molecule has 1 aromatic carbocycles. The largest absolute Gasteiger partial charge is 0.480 e. The second-order valence-electron chi connectivity index (χ2n) is 6.82. The van der Waals surface area contributed by atoms with Crippen LogP contribution in [0.3, 0.4) is 0 Å². The van der Waals surface area contributed by atoms with Gasteiger partial charge in [0, 0.05) is 33.4 Å². The minimum Gasteiger partial charge on any atom is -0.480 e. The smallest absolute Gasteiger partial charge is 0.226 e. The van der Waals surface area contributed by atoms with Gasteiger partial charge < -0.3 is 10.1 Å². The Morgan fingerprint density at radius 3 is 2.86 bits per heavy atom. The van der Waals surface area contributed by atoms with Crippen LogP contribution in [0.4, 0.5) is 5.95 Å². The lowest BCUT2D eigenvalue weighted by molar-refractivity contribution is 0.223. The number of hydrogen-bond acceptors (Lipinski definition) is 6. The predicted molar refractivity (Wildman–Crippen MR) is 112 cm³/mol. The summed E-state index contributed by atoms with van der Waals surface area (Å²) in [5.74, 6) is 1.48. The van der Waals surface area contributed by atoms with E-state index in [1.54, 1.807) is 30.1 Å². The van der Waals surface area contributed by atoms with Crippen molar-refractivity contribution in [2.75, 3.05) is 5.32 Å². The Bertz CT molecular complexity index is 1240. The van der Waals surface area contributed by atoms with E-state index in [1.807, 2.05) is 35.0 Å². The molecule has 0 fully saturated rings. The van der Waals surface area contributed by atoms with Crippen LogP contribution in [0, 0.1) is 0 Å². The monoisotopic (exact) mass is 419 g/mol. The van der Waals surface area contributed by atoms with Crippen LogP contribution >= 0.6 is 22.9 Å². The minimum absolute atomic E-state index is 0.131. The van der Waals surface area contributed by atoms with E-state index in [4.69, 9.17) is 16.3 Å². The van der Waals surface area contributed by atoms with Crippen LogP contribution in [-0.4, -0.2) is 19.7 Å². The molecular formula is C21H14ClN5OS. The second kappa shape index (κ2) is 6.43. The molecule has 5 heterocycles. The van der Waals surface area contributed by atoms with Crippen molar-refractivity contribution in [2.45, 2.75) is 12.1 Å². The van der Waals surface area contributed by atoms with E-state index in [-0.39, 0.29) is 12.1 Å². The Labute approximate surface area is 175 Å². The number of benzene rings is 1. The van der Waals surface area contributed by atoms with E-state index in [1.165, 1.54) is 4.88 Å². The van der Waals surface area contributed by atoms with Gasteiger partial charge >= 0.3 is 0 Å². The van der Waals surface area contributed by atoms with Crippen LogP contribution in [-0.2, 0) is 0 Å². The number of fused-ring (bicyclic) bond motifs is 3. The van der Waals surface area contributed by atoms with E-state index in [9.17, 15) is 0 Å². The van der Waals surface area contributed by atoms with Crippen molar-refractivity contribution in [3.8, 4) is 5.75 Å². The third-order valence-corrected chi connectivity index (χ3v) is 6.36. The summed E-state index contributed by atoms with van der Waals surface area (Å²) in [5, 5.41) is 10.7. The maximum atomic E-state index is 6.52. The molecule has 2 unspecified atom stereocenters. The quantitative estimate of drug-likeness (QED) is 0.498. The summed E-state index contributed by atoms with van der Waals surface area (Å²) in [5.41, 5.74) is 3.99. The van der Waals surface area contributed by atoms with Crippen LogP contribution in [0.5, 0.6) is 5.75 Å². The molecule has 4 aromatic rings. The molecule has 0 saturated heterocycles. The highest BCUT2D eigenvalue weighted by molar-refractivity contribution is 7.10. The van der Waals surface area contributed by atoms with Crippen LogP contribution in [0.15, 0.2) is 72.1 Å². The zero-order chi connectivity index (χ0) is 19.4. The van der Waals surface area contributed by atoms with E-state index in [2.05, 4.69) is 37.9 Å². The van der Waals surface area contributed by atoms with Gasteiger partial charge in [-0.15, -0.1) is 11.3 Å². The van der Waals surface area contributed by atoms with E-state index < -0.39 is 0 Å². The fourth-order valence-corrected chi connectivity index (χ4v) is 4.97. The molecule has 8 heteroatoms. The van der Waals surface area contributed by atoms with Gasteiger partial charge in [-0.1, -0.05) is 17.7 Å². The molecule has 6 rings (SSSR count). The van der Waals surface area contributed by atoms with Gasteiger partial charge in [-0.05, 0) is 47.3 Å². The Morgan fingerprint density at radius 1 is 1.14 bits per heavy atom. The SMILES string of the molecule is Clc1ccc2c(c1)C1=C(C(c3ccncc3)O2)C(c2cccs2)n2ncnc2N1. The lowest BCUT2D eigenvalue weighted by Crippen LogP contribution is -2.32. The molecule has 0 radical (unpaired) electrons. The third kappa shape index (κ3) is 2.58. The average Bonchev–Trinajstić information content (AvgIpc) is 3.44. The van der Waals surface area contributed by atoms with E-state index >= 15 is 0 Å². The number of nitrogens with zero attached hydrogens (tertiary/aromatic N) is 4. The molecule has 142 valence electrons. The van der Waals surface area contributed by atoms with Crippen molar-refractivity contribution >= 4 is 34.6 Å². The van der Waals surface area contributed by atoms with Crippen LogP contribution in [0.2, 0.25) is 5.02 Å². The predicted octanol–water partition coefficient (Wildman–Crippen LogP) is 4.95. The third-order valence-electron chi connectivity index (χ3n) is 5.20. The first kappa shape index (κ1) is 16.8. The van der Waals surface area contributed by atoms with Crippen molar-refractivity contribution in [1.82, 2.24) is 19.7 Å². The lowest BCUT2D eigenvalue weighted by Gasteiger charge is -2.38. The maximum Gasteiger partial charge on any atom is 0.226 e. The average molecular weight is 420 g/mol. The van der Waals surface area contributed by atoms with Gasteiger partial charge in [0.2, 0.25) is 5.95 Å². The first-order valence-corrected chi connectivity index (χ1v) is 10.4. The molecule has 0 aliphatic carbocycles. The Morgan fingerprint density at radius 2 is 2.03 bits per heavy atom. The number of halogens is 1. The number of rotatable bonds is 2.